The van der Waals surface area contributed by atoms with Gasteiger partial charge in [0.05, 0.1) is 11.9 Å². The highest BCUT2D eigenvalue weighted by atomic mass is 16.5. The second-order valence-electron chi connectivity index (χ2n) is 4.94. The van der Waals surface area contributed by atoms with E-state index in [1.54, 1.807) is 13.2 Å². The molecule has 0 atom stereocenters. The third-order valence-corrected chi connectivity index (χ3v) is 2.93. The molecule has 5 heteroatoms. The smallest absolute Gasteiger partial charge is 0.180 e. The molecule has 0 amide bonds. The Morgan fingerprint density at radius 3 is 2.20 bits per heavy atom. The van der Waals surface area contributed by atoms with E-state index in [-0.39, 0.29) is 7.43 Å². The SMILES string of the molecule is C.CC.CCCC.CNc1nc(C)ncc1OCc1cccc(C)n1. The average molecular weight is 349 g/mol. The molecule has 2 rings (SSSR count). The van der Waals surface area contributed by atoms with Crippen molar-refractivity contribution < 1.29 is 4.74 Å². The summed E-state index contributed by atoms with van der Waals surface area (Å²) < 4.78 is 5.67. The van der Waals surface area contributed by atoms with Gasteiger partial charge in [0.1, 0.15) is 12.4 Å². The van der Waals surface area contributed by atoms with E-state index in [4.69, 9.17) is 4.74 Å². The summed E-state index contributed by atoms with van der Waals surface area (Å²) in [7, 11) is 1.81. The number of ether oxygens (including phenoxy) is 1. The Bertz CT molecular complexity index is 571. The summed E-state index contributed by atoms with van der Waals surface area (Å²) in [6.45, 7) is 12.6. The number of nitrogens with one attached hydrogen (secondary N) is 1. The lowest BCUT2D eigenvalue weighted by Gasteiger charge is -2.10. The van der Waals surface area contributed by atoms with Gasteiger partial charge in [0.15, 0.2) is 11.6 Å². The van der Waals surface area contributed by atoms with Crippen LogP contribution in [0, 0.1) is 13.8 Å². The van der Waals surface area contributed by atoms with Crippen LogP contribution in [0.4, 0.5) is 5.82 Å². The number of aromatic nitrogens is 3. The molecule has 0 saturated carbocycles. The monoisotopic (exact) mass is 348 g/mol. The zero-order chi connectivity index (χ0) is 18.4. The number of anilines is 1. The van der Waals surface area contributed by atoms with Crippen molar-refractivity contribution >= 4 is 5.82 Å². The molecule has 0 fully saturated rings. The van der Waals surface area contributed by atoms with Crippen LogP contribution in [-0.4, -0.2) is 22.0 Å². The molecule has 2 aromatic rings. The Morgan fingerprint density at radius 1 is 1.04 bits per heavy atom. The van der Waals surface area contributed by atoms with Crippen LogP contribution in [0.2, 0.25) is 0 Å². The maximum Gasteiger partial charge on any atom is 0.180 e. The van der Waals surface area contributed by atoms with Gasteiger partial charge >= 0.3 is 0 Å². The van der Waals surface area contributed by atoms with E-state index < -0.39 is 0 Å². The molecule has 0 aliphatic rings. The summed E-state index contributed by atoms with van der Waals surface area (Å²) in [5.41, 5.74) is 1.86. The van der Waals surface area contributed by atoms with Crippen LogP contribution in [0.1, 0.15) is 65.2 Å². The number of aryl methyl sites for hydroxylation is 2. The zero-order valence-corrected chi connectivity index (χ0v) is 16.2. The first-order valence-corrected chi connectivity index (χ1v) is 8.67. The molecule has 0 unspecified atom stereocenters. The highest BCUT2D eigenvalue weighted by molar-refractivity contribution is 5.47. The largest absolute Gasteiger partial charge is 0.482 e. The van der Waals surface area contributed by atoms with E-state index in [9.17, 15) is 0 Å². The second-order valence-corrected chi connectivity index (χ2v) is 4.94. The van der Waals surface area contributed by atoms with Crippen molar-refractivity contribution in [3.63, 3.8) is 0 Å². The van der Waals surface area contributed by atoms with E-state index in [0.717, 1.165) is 11.4 Å². The van der Waals surface area contributed by atoms with Gasteiger partial charge in [-0.15, -0.1) is 0 Å². The van der Waals surface area contributed by atoms with Crippen molar-refractivity contribution in [1.82, 2.24) is 15.0 Å². The van der Waals surface area contributed by atoms with E-state index in [0.29, 0.717) is 24.0 Å². The minimum atomic E-state index is 0. The van der Waals surface area contributed by atoms with Gasteiger partial charge in [-0.05, 0) is 26.0 Å². The van der Waals surface area contributed by atoms with Gasteiger partial charge in [-0.2, -0.15) is 0 Å². The van der Waals surface area contributed by atoms with E-state index in [1.807, 2.05) is 45.9 Å². The lowest BCUT2D eigenvalue weighted by Crippen LogP contribution is -2.04. The van der Waals surface area contributed by atoms with Gasteiger partial charge in [-0.25, -0.2) is 9.97 Å². The molecule has 2 aromatic heterocycles. The van der Waals surface area contributed by atoms with Gasteiger partial charge in [0, 0.05) is 12.7 Å². The lowest BCUT2D eigenvalue weighted by molar-refractivity contribution is 0.300. The van der Waals surface area contributed by atoms with Crippen LogP contribution in [0.15, 0.2) is 24.4 Å². The summed E-state index contributed by atoms with van der Waals surface area (Å²) in [6, 6.07) is 5.85. The number of rotatable bonds is 5. The molecule has 1 N–H and O–H groups in total. The van der Waals surface area contributed by atoms with Gasteiger partial charge in [0.25, 0.3) is 0 Å². The molecule has 0 bridgehead atoms. The molecule has 5 nitrogen and oxygen atoms in total. The average Bonchev–Trinajstić information content (AvgIpc) is 2.62. The van der Waals surface area contributed by atoms with Gasteiger partial charge in [0.2, 0.25) is 0 Å². The van der Waals surface area contributed by atoms with Crippen LogP contribution in [0.25, 0.3) is 0 Å². The maximum absolute atomic E-state index is 5.67. The Morgan fingerprint density at radius 2 is 1.68 bits per heavy atom. The molecule has 25 heavy (non-hydrogen) atoms. The van der Waals surface area contributed by atoms with Crippen molar-refractivity contribution in [2.75, 3.05) is 12.4 Å². The zero-order valence-electron chi connectivity index (χ0n) is 16.2. The summed E-state index contributed by atoms with van der Waals surface area (Å²) in [5.74, 6) is 2.03. The van der Waals surface area contributed by atoms with Crippen LogP contribution >= 0.6 is 0 Å². The molecular formula is C20H36N4O. The quantitative estimate of drug-likeness (QED) is 0.764. The lowest BCUT2D eigenvalue weighted by atomic mass is 10.3. The first-order valence-electron chi connectivity index (χ1n) is 8.67. The minimum absolute atomic E-state index is 0. The Kier molecular flexibility index (Phi) is 15.4. The first kappa shape index (κ1) is 25.1. The number of pyridine rings is 1. The molecule has 0 aliphatic carbocycles. The Balaban J connectivity index is 0. The molecule has 0 spiro atoms. The van der Waals surface area contributed by atoms with Crippen molar-refractivity contribution in [1.29, 1.82) is 0 Å². The topological polar surface area (TPSA) is 59.9 Å². The summed E-state index contributed by atoms with van der Waals surface area (Å²) >= 11 is 0. The number of hydrogen-bond donors (Lipinski definition) is 1. The van der Waals surface area contributed by atoms with Gasteiger partial charge in [-0.3, -0.25) is 4.98 Å². The first-order chi connectivity index (χ1) is 11.6. The number of nitrogens with zero attached hydrogens (tertiary/aromatic N) is 3. The highest BCUT2D eigenvalue weighted by Gasteiger charge is 2.06. The predicted octanol–water partition coefficient (Wildman–Crippen LogP) is 5.58. The van der Waals surface area contributed by atoms with Crippen molar-refractivity contribution in [2.45, 2.75) is 68.4 Å². The van der Waals surface area contributed by atoms with Gasteiger partial charge < -0.3 is 10.1 Å². The van der Waals surface area contributed by atoms with E-state index in [2.05, 4.69) is 34.1 Å². The number of hydrogen-bond acceptors (Lipinski definition) is 5. The van der Waals surface area contributed by atoms with Crippen LogP contribution < -0.4 is 10.1 Å². The normalized spacial score (nSPS) is 8.76. The molecule has 142 valence electrons. The van der Waals surface area contributed by atoms with E-state index >= 15 is 0 Å². The molecule has 0 radical (unpaired) electrons. The molecule has 0 aliphatic heterocycles. The standard InChI is InChI=1S/C13H16N4O.C4H10.C2H6.CH4/c1-9-5-4-6-11(16-9)8-18-12-7-15-10(2)17-13(12)14-3;1-3-4-2;1-2;/h4-7H,8H2,1-3H3,(H,14,15,17);3-4H2,1-2H3;1-2H3;1H4. The fourth-order valence-corrected chi connectivity index (χ4v) is 1.58. The van der Waals surface area contributed by atoms with E-state index in [1.165, 1.54) is 12.8 Å². The Labute approximate surface area is 154 Å². The maximum atomic E-state index is 5.67. The summed E-state index contributed by atoms with van der Waals surface area (Å²) in [4.78, 5) is 12.7. The van der Waals surface area contributed by atoms with Crippen molar-refractivity contribution in [3.8, 4) is 5.75 Å². The second kappa shape index (κ2) is 15.4. The van der Waals surface area contributed by atoms with Crippen molar-refractivity contribution in [3.05, 3.63) is 41.6 Å². The van der Waals surface area contributed by atoms with Gasteiger partial charge in [-0.1, -0.05) is 54.0 Å². The fraction of sp³-hybridized carbons (Fsp3) is 0.550. The molecule has 0 aromatic carbocycles. The van der Waals surface area contributed by atoms with Crippen LogP contribution in [-0.2, 0) is 6.61 Å². The predicted molar refractivity (Wildman–Crippen MR) is 108 cm³/mol. The van der Waals surface area contributed by atoms with Crippen LogP contribution in [0.5, 0.6) is 5.75 Å². The summed E-state index contributed by atoms with van der Waals surface area (Å²) in [6.07, 6.45) is 4.31. The molecule has 0 saturated heterocycles. The highest BCUT2D eigenvalue weighted by Crippen LogP contribution is 2.20. The third kappa shape index (κ3) is 10.3. The fourth-order valence-electron chi connectivity index (χ4n) is 1.58. The number of unbranched alkanes of at least 4 members (excludes halogenated alkanes) is 1. The summed E-state index contributed by atoms with van der Waals surface area (Å²) in [5, 5.41) is 2.99. The molecular weight excluding hydrogens is 312 g/mol. The minimum Gasteiger partial charge on any atom is -0.482 e. The van der Waals surface area contributed by atoms with Crippen molar-refractivity contribution in [2.24, 2.45) is 0 Å². The third-order valence-electron chi connectivity index (χ3n) is 2.93. The Hall–Kier alpha value is -2.17. The van der Waals surface area contributed by atoms with Crippen LogP contribution in [0.3, 0.4) is 0 Å². The molecule has 2 heterocycles.